The number of nitrogens with zero attached hydrogens (tertiary/aromatic N) is 2. The van der Waals surface area contributed by atoms with Crippen LogP contribution in [0.25, 0.3) is 0 Å². The van der Waals surface area contributed by atoms with Crippen molar-refractivity contribution < 1.29 is 18.7 Å². The number of carbonyl (C=O) groups is 2. The van der Waals surface area contributed by atoms with Crippen LogP contribution in [-0.4, -0.2) is 56.0 Å². The molecule has 0 saturated heterocycles. The number of ether oxygens (including phenoxy) is 1. The summed E-state index contributed by atoms with van der Waals surface area (Å²) in [5, 5.41) is 2.56. The van der Waals surface area contributed by atoms with Gasteiger partial charge >= 0.3 is 0 Å². The second kappa shape index (κ2) is 7.95. The van der Waals surface area contributed by atoms with Gasteiger partial charge in [-0.2, -0.15) is 0 Å². The molecule has 26 heavy (non-hydrogen) atoms. The van der Waals surface area contributed by atoms with Gasteiger partial charge in [0.1, 0.15) is 11.9 Å². The second-order valence-corrected chi connectivity index (χ2v) is 6.18. The van der Waals surface area contributed by atoms with Gasteiger partial charge in [0.05, 0.1) is 31.6 Å². The molecule has 138 valence electrons. The van der Waals surface area contributed by atoms with Crippen LogP contribution in [0.15, 0.2) is 47.1 Å². The number of furan rings is 1. The van der Waals surface area contributed by atoms with Crippen molar-refractivity contribution in [3.8, 4) is 5.75 Å². The van der Waals surface area contributed by atoms with E-state index in [-0.39, 0.29) is 24.3 Å². The Morgan fingerprint density at radius 3 is 2.81 bits per heavy atom. The molecule has 1 aliphatic rings. The summed E-state index contributed by atoms with van der Waals surface area (Å²) < 4.78 is 11.0. The predicted molar refractivity (Wildman–Crippen MR) is 97.4 cm³/mol. The third-order valence-corrected chi connectivity index (χ3v) is 4.35. The van der Waals surface area contributed by atoms with E-state index in [9.17, 15) is 9.59 Å². The van der Waals surface area contributed by atoms with Crippen molar-refractivity contribution >= 4 is 17.5 Å². The highest BCUT2D eigenvalue weighted by molar-refractivity contribution is 5.94. The minimum Gasteiger partial charge on any atom is -0.485 e. The molecular weight excluding hydrogens is 334 g/mol. The fraction of sp³-hybridized carbons (Fsp3) is 0.368. The van der Waals surface area contributed by atoms with Crippen molar-refractivity contribution in [3.63, 3.8) is 0 Å². The first-order valence-electron chi connectivity index (χ1n) is 8.64. The molecule has 1 aromatic heterocycles. The fourth-order valence-corrected chi connectivity index (χ4v) is 2.97. The van der Waals surface area contributed by atoms with Crippen LogP contribution in [-0.2, 0) is 4.79 Å². The number of rotatable bonds is 6. The predicted octanol–water partition coefficient (Wildman–Crippen LogP) is 1.76. The smallest absolute Gasteiger partial charge is 0.287 e. The van der Waals surface area contributed by atoms with Gasteiger partial charge in [0.25, 0.3) is 5.91 Å². The monoisotopic (exact) mass is 357 g/mol. The lowest BCUT2D eigenvalue weighted by Crippen LogP contribution is -2.48. The zero-order valence-electron chi connectivity index (χ0n) is 15.0. The SMILES string of the molecule is CCN1C[C@H](CN(C)C(=O)CNC(=O)c2ccco2)Oc2ccccc21. The Hall–Kier alpha value is -2.96. The minimum atomic E-state index is -0.406. The summed E-state index contributed by atoms with van der Waals surface area (Å²) >= 11 is 0. The van der Waals surface area contributed by atoms with E-state index in [2.05, 4.69) is 17.1 Å². The Bertz CT molecular complexity index is 760. The number of amides is 2. The van der Waals surface area contributed by atoms with E-state index in [1.54, 1.807) is 24.1 Å². The van der Waals surface area contributed by atoms with E-state index in [0.717, 1.165) is 18.0 Å². The third kappa shape index (κ3) is 3.99. The molecule has 7 heteroatoms. The van der Waals surface area contributed by atoms with Crippen LogP contribution in [0.1, 0.15) is 17.5 Å². The van der Waals surface area contributed by atoms with E-state index in [4.69, 9.17) is 9.15 Å². The molecule has 0 fully saturated rings. The average Bonchev–Trinajstić information content (AvgIpc) is 3.19. The van der Waals surface area contributed by atoms with E-state index in [1.807, 2.05) is 24.3 Å². The Morgan fingerprint density at radius 2 is 2.08 bits per heavy atom. The Kier molecular flexibility index (Phi) is 5.46. The molecule has 3 rings (SSSR count). The van der Waals surface area contributed by atoms with Crippen molar-refractivity contribution in [3.05, 3.63) is 48.4 Å². The summed E-state index contributed by atoms with van der Waals surface area (Å²) in [6.07, 6.45) is 1.29. The summed E-state index contributed by atoms with van der Waals surface area (Å²) in [5.41, 5.74) is 1.07. The number of hydrogen-bond donors (Lipinski definition) is 1. The maximum Gasteiger partial charge on any atom is 0.287 e. The highest BCUT2D eigenvalue weighted by Gasteiger charge is 2.26. The van der Waals surface area contributed by atoms with Crippen molar-refractivity contribution in [1.82, 2.24) is 10.2 Å². The van der Waals surface area contributed by atoms with E-state index >= 15 is 0 Å². The molecule has 2 aromatic rings. The molecule has 0 unspecified atom stereocenters. The second-order valence-electron chi connectivity index (χ2n) is 6.18. The molecule has 1 aliphatic heterocycles. The van der Waals surface area contributed by atoms with Gasteiger partial charge in [-0.3, -0.25) is 9.59 Å². The standard InChI is InChI=1S/C19H23N3O4/c1-3-22-13-14(26-16-8-5-4-7-15(16)22)12-21(2)18(23)11-20-19(24)17-9-6-10-25-17/h4-10,14H,3,11-13H2,1-2H3,(H,20,24)/t14-/m0/s1. The molecule has 2 heterocycles. The number of nitrogens with one attached hydrogen (secondary N) is 1. The largest absolute Gasteiger partial charge is 0.485 e. The molecule has 1 N–H and O–H groups in total. The fourth-order valence-electron chi connectivity index (χ4n) is 2.97. The third-order valence-electron chi connectivity index (χ3n) is 4.35. The summed E-state index contributed by atoms with van der Waals surface area (Å²) in [6.45, 7) is 4.03. The molecule has 0 radical (unpaired) electrons. The number of likely N-dealkylation sites (N-methyl/N-ethyl adjacent to an activating group) is 2. The molecule has 0 bridgehead atoms. The number of para-hydroxylation sites is 2. The van der Waals surface area contributed by atoms with Gasteiger partial charge in [0.2, 0.25) is 5.91 Å². The summed E-state index contributed by atoms with van der Waals surface area (Å²) in [4.78, 5) is 27.9. The van der Waals surface area contributed by atoms with Crippen LogP contribution >= 0.6 is 0 Å². The Labute approximate surface area is 152 Å². The van der Waals surface area contributed by atoms with E-state index in [1.165, 1.54) is 6.26 Å². The van der Waals surface area contributed by atoms with Crippen LogP contribution in [0.5, 0.6) is 5.75 Å². The first-order valence-corrected chi connectivity index (χ1v) is 8.64. The summed E-state index contributed by atoms with van der Waals surface area (Å²) in [5.74, 6) is 0.427. The minimum absolute atomic E-state index is 0.0865. The first kappa shape index (κ1) is 17.8. The van der Waals surface area contributed by atoms with Crippen molar-refractivity contribution in [2.75, 3.05) is 38.1 Å². The molecule has 0 aliphatic carbocycles. The number of carbonyl (C=O) groups excluding carboxylic acids is 2. The molecule has 0 saturated carbocycles. The number of fused-ring (bicyclic) bond motifs is 1. The van der Waals surface area contributed by atoms with Crippen LogP contribution in [0, 0.1) is 0 Å². The van der Waals surface area contributed by atoms with Crippen LogP contribution < -0.4 is 15.0 Å². The lowest BCUT2D eigenvalue weighted by Gasteiger charge is -2.37. The average molecular weight is 357 g/mol. The van der Waals surface area contributed by atoms with Crippen molar-refractivity contribution in [2.24, 2.45) is 0 Å². The van der Waals surface area contributed by atoms with Gasteiger partial charge in [-0.15, -0.1) is 0 Å². The zero-order chi connectivity index (χ0) is 18.5. The maximum absolute atomic E-state index is 12.3. The number of anilines is 1. The maximum atomic E-state index is 12.3. The van der Waals surface area contributed by atoms with E-state index in [0.29, 0.717) is 13.1 Å². The van der Waals surface area contributed by atoms with Crippen LogP contribution in [0.3, 0.4) is 0 Å². The number of hydrogen-bond acceptors (Lipinski definition) is 5. The zero-order valence-corrected chi connectivity index (χ0v) is 15.0. The molecule has 2 amide bonds. The highest BCUT2D eigenvalue weighted by Crippen LogP contribution is 2.32. The summed E-state index contributed by atoms with van der Waals surface area (Å²) in [6, 6.07) is 11.1. The molecular formula is C19H23N3O4. The Morgan fingerprint density at radius 1 is 1.27 bits per heavy atom. The lowest BCUT2D eigenvalue weighted by molar-refractivity contribution is -0.129. The van der Waals surface area contributed by atoms with Gasteiger partial charge in [0.15, 0.2) is 5.76 Å². The van der Waals surface area contributed by atoms with E-state index < -0.39 is 5.91 Å². The van der Waals surface area contributed by atoms with Crippen molar-refractivity contribution in [2.45, 2.75) is 13.0 Å². The van der Waals surface area contributed by atoms with Gasteiger partial charge in [-0.25, -0.2) is 0 Å². The Balaban J connectivity index is 1.53. The van der Waals surface area contributed by atoms with Gasteiger partial charge in [-0.1, -0.05) is 12.1 Å². The van der Waals surface area contributed by atoms with Crippen LogP contribution in [0.4, 0.5) is 5.69 Å². The quantitative estimate of drug-likeness (QED) is 0.853. The van der Waals surface area contributed by atoms with Crippen LogP contribution in [0.2, 0.25) is 0 Å². The molecule has 7 nitrogen and oxygen atoms in total. The molecule has 0 spiro atoms. The first-order chi connectivity index (χ1) is 12.6. The highest BCUT2D eigenvalue weighted by atomic mass is 16.5. The molecule has 1 atom stereocenters. The number of benzene rings is 1. The van der Waals surface area contributed by atoms with Gasteiger partial charge in [-0.05, 0) is 31.2 Å². The van der Waals surface area contributed by atoms with Gasteiger partial charge < -0.3 is 24.3 Å². The van der Waals surface area contributed by atoms with Crippen molar-refractivity contribution in [1.29, 1.82) is 0 Å². The lowest BCUT2D eigenvalue weighted by atomic mass is 10.2. The van der Waals surface area contributed by atoms with Gasteiger partial charge in [0, 0.05) is 13.6 Å². The normalized spacial score (nSPS) is 15.8. The summed E-state index contributed by atoms with van der Waals surface area (Å²) in [7, 11) is 1.71. The molecule has 1 aromatic carbocycles. The topological polar surface area (TPSA) is 75.0 Å².